The summed E-state index contributed by atoms with van der Waals surface area (Å²) in [4.78, 5) is 3.99. The van der Waals surface area contributed by atoms with Gasteiger partial charge in [0.1, 0.15) is 11.9 Å². The molecule has 0 aromatic carbocycles. The Balaban J connectivity index is 2.98. The zero-order valence-corrected chi connectivity index (χ0v) is 6.38. The van der Waals surface area contributed by atoms with Crippen LogP contribution >= 0.6 is 0 Å². The van der Waals surface area contributed by atoms with E-state index in [9.17, 15) is 0 Å². The third-order valence-corrected chi connectivity index (χ3v) is 1.40. The first-order chi connectivity index (χ1) is 4.61. The van der Waals surface area contributed by atoms with Crippen molar-refractivity contribution in [1.82, 2.24) is 4.98 Å². The molecule has 0 fully saturated rings. The predicted octanol–water partition coefficient (Wildman–Crippen LogP) is 1.34. The molecule has 1 heterocycles. The van der Waals surface area contributed by atoms with Gasteiger partial charge in [-0.3, -0.25) is 0 Å². The third kappa shape index (κ3) is 1.19. The second-order valence-electron chi connectivity index (χ2n) is 2.37. The second kappa shape index (κ2) is 2.42. The van der Waals surface area contributed by atoms with Gasteiger partial charge < -0.3 is 9.52 Å². The maximum absolute atomic E-state index is 9.01. The summed E-state index contributed by atoms with van der Waals surface area (Å²) in [6.07, 6.45) is -0.604. The van der Waals surface area contributed by atoms with E-state index in [1.165, 1.54) is 0 Å². The number of oxazole rings is 1. The molecule has 0 aliphatic rings. The minimum absolute atomic E-state index is 0.398. The Morgan fingerprint density at radius 2 is 2.10 bits per heavy atom. The van der Waals surface area contributed by atoms with Crippen molar-refractivity contribution in [3.8, 4) is 0 Å². The number of nitrogens with zero attached hydrogens (tertiary/aromatic N) is 1. The van der Waals surface area contributed by atoms with Crippen molar-refractivity contribution in [3.05, 3.63) is 17.3 Å². The summed E-state index contributed by atoms with van der Waals surface area (Å²) in [5.74, 6) is 1.17. The van der Waals surface area contributed by atoms with E-state index in [0.29, 0.717) is 5.89 Å². The van der Waals surface area contributed by atoms with Crippen LogP contribution in [0.4, 0.5) is 0 Å². The van der Waals surface area contributed by atoms with E-state index in [-0.39, 0.29) is 0 Å². The minimum Gasteiger partial charge on any atom is -0.443 e. The molecule has 1 rings (SSSR count). The van der Waals surface area contributed by atoms with Gasteiger partial charge in [0, 0.05) is 0 Å². The van der Waals surface area contributed by atoms with Gasteiger partial charge in [0.2, 0.25) is 5.89 Å². The zero-order valence-electron chi connectivity index (χ0n) is 6.38. The molecule has 0 unspecified atom stereocenters. The number of aliphatic hydroxyl groups excluding tert-OH is 1. The molecular formula is C7H11NO2. The topological polar surface area (TPSA) is 46.3 Å². The van der Waals surface area contributed by atoms with Gasteiger partial charge >= 0.3 is 0 Å². The summed E-state index contributed by atoms with van der Waals surface area (Å²) in [7, 11) is 0. The molecule has 3 nitrogen and oxygen atoms in total. The van der Waals surface area contributed by atoms with Crippen molar-refractivity contribution in [3.63, 3.8) is 0 Å². The van der Waals surface area contributed by atoms with E-state index in [1.54, 1.807) is 6.92 Å². The lowest BCUT2D eigenvalue weighted by Crippen LogP contribution is -1.89. The minimum atomic E-state index is -0.604. The molecule has 1 N–H and O–H groups in total. The summed E-state index contributed by atoms with van der Waals surface area (Å²) in [6.45, 7) is 5.31. The molecule has 56 valence electrons. The van der Waals surface area contributed by atoms with Crippen molar-refractivity contribution in [2.24, 2.45) is 0 Å². The average Bonchev–Trinajstić information content (AvgIpc) is 2.13. The van der Waals surface area contributed by atoms with Gasteiger partial charge in [-0.25, -0.2) is 4.98 Å². The first kappa shape index (κ1) is 7.28. The molecule has 0 bridgehead atoms. The Morgan fingerprint density at radius 1 is 1.50 bits per heavy atom. The van der Waals surface area contributed by atoms with Gasteiger partial charge in [-0.05, 0) is 20.8 Å². The van der Waals surface area contributed by atoms with Crippen LogP contribution in [-0.2, 0) is 0 Å². The van der Waals surface area contributed by atoms with Crippen LogP contribution in [-0.4, -0.2) is 10.1 Å². The van der Waals surface area contributed by atoms with E-state index in [1.807, 2.05) is 13.8 Å². The van der Waals surface area contributed by atoms with Gasteiger partial charge in [0.15, 0.2) is 0 Å². The second-order valence-corrected chi connectivity index (χ2v) is 2.37. The lowest BCUT2D eigenvalue weighted by Gasteiger charge is -1.93. The highest BCUT2D eigenvalue weighted by atomic mass is 16.4. The molecular weight excluding hydrogens is 130 g/mol. The third-order valence-electron chi connectivity index (χ3n) is 1.40. The van der Waals surface area contributed by atoms with E-state index < -0.39 is 6.10 Å². The monoisotopic (exact) mass is 141 g/mol. The largest absolute Gasteiger partial charge is 0.443 e. The number of hydrogen-bond donors (Lipinski definition) is 1. The standard InChI is InChI=1S/C7H11NO2/c1-4-6(3)10-7(8-4)5(2)9/h5,9H,1-3H3/t5-/m0/s1. The van der Waals surface area contributed by atoms with Gasteiger partial charge in [-0.2, -0.15) is 0 Å². The maximum atomic E-state index is 9.01. The molecule has 1 aromatic heterocycles. The van der Waals surface area contributed by atoms with Crippen molar-refractivity contribution < 1.29 is 9.52 Å². The first-order valence-corrected chi connectivity index (χ1v) is 3.23. The normalized spacial score (nSPS) is 13.6. The van der Waals surface area contributed by atoms with E-state index >= 15 is 0 Å². The Hall–Kier alpha value is -0.830. The Morgan fingerprint density at radius 3 is 2.30 bits per heavy atom. The van der Waals surface area contributed by atoms with Crippen LogP contribution in [0, 0.1) is 13.8 Å². The molecule has 0 aliphatic carbocycles. The molecule has 0 amide bonds. The number of aliphatic hydroxyl groups is 1. The van der Waals surface area contributed by atoms with Crippen LogP contribution < -0.4 is 0 Å². The van der Waals surface area contributed by atoms with Gasteiger partial charge in [0.25, 0.3) is 0 Å². The lowest BCUT2D eigenvalue weighted by molar-refractivity contribution is 0.161. The van der Waals surface area contributed by atoms with Crippen molar-refractivity contribution in [2.75, 3.05) is 0 Å². The van der Waals surface area contributed by atoms with E-state index in [2.05, 4.69) is 4.98 Å². The van der Waals surface area contributed by atoms with Gasteiger partial charge in [-0.15, -0.1) is 0 Å². The number of aromatic nitrogens is 1. The molecule has 1 atom stereocenters. The average molecular weight is 141 g/mol. The Kier molecular flexibility index (Phi) is 1.76. The van der Waals surface area contributed by atoms with Crippen LogP contribution in [0.5, 0.6) is 0 Å². The number of rotatable bonds is 1. The maximum Gasteiger partial charge on any atom is 0.223 e. The predicted molar refractivity (Wildman–Crippen MR) is 36.6 cm³/mol. The summed E-state index contributed by atoms with van der Waals surface area (Å²) < 4.78 is 5.11. The number of aryl methyl sites for hydroxylation is 2. The molecule has 3 heteroatoms. The van der Waals surface area contributed by atoms with Crippen molar-refractivity contribution >= 4 is 0 Å². The van der Waals surface area contributed by atoms with E-state index in [4.69, 9.17) is 9.52 Å². The Labute approximate surface area is 59.7 Å². The molecule has 0 radical (unpaired) electrons. The van der Waals surface area contributed by atoms with E-state index in [0.717, 1.165) is 11.5 Å². The molecule has 10 heavy (non-hydrogen) atoms. The summed E-state index contributed by atoms with van der Waals surface area (Å²) in [6, 6.07) is 0. The van der Waals surface area contributed by atoms with Gasteiger partial charge in [-0.1, -0.05) is 0 Å². The van der Waals surface area contributed by atoms with Crippen LogP contribution in [0.3, 0.4) is 0 Å². The van der Waals surface area contributed by atoms with Crippen molar-refractivity contribution in [2.45, 2.75) is 26.9 Å². The Bertz CT molecular complexity index is 208. The fraction of sp³-hybridized carbons (Fsp3) is 0.571. The highest BCUT2D eigenvalue weighted by Gasteiger charge is 2.09. The number of hydrogen-bond acceptors (Lipinski definition) is 3. The zero-order chi connectivity index (χ0) is 7.72. The summed E-state index contributed by atoms with van der Waals surface area (Å²) in [5.41, 5.74) is 0.843. The summed E-state index contributed by atoms with van der Waals surface area (Å²) >= 11 is 0. The van der Waals surface area contributed by atoms with Crippen LogP contribution in [0.25, 0.3) is 0 Å². The smallest absolute Gasteiger partial charge is 0.223 e. The highest BCUT2D eigenvalue weighted by Crippen LogP contribution is 2.14. The molecule has 0 aliphatic heterocycles. The first-order valence-electron chi connectivity index (χ1n) is 3.23. The molecule has 0 spiro atoms. The molecule has 0 saturated heterocycles. The van der Waals surface area contributed by atoms with Gasteiger partial charge in [0.05, 0.1) is 5.69 Å². The molecule has 1 aromatic rings. The highest BCUT2D eigenvalue weighted by molar-refractivity contribution is 5.05. The summed E-state index contributed by atoms with van der Waals surface area (Å²) in [5, 5.41) is 9.01. The van der Waals surface area contributed by atoms with Crippen molar-refractivity contribution in [1.29, 1.82) is 0 Å². The quantitative estimate of drug-likeness (QED) is 0.642. The lowest BCUT2D eigenvalue weighted by atomic mass is 10.4. The molecule has 0 saturated carbocycles. The fourth-order valence-corrected chi connectivity index (χ4v) is 0.676. The van der Waals surface area contributed by atoms with Crippen LogP contribution in [0.15, 0.2) is 4.42 Å². The SMILES string of the molecule is Cc1nc([C@H](C)O)oc1C. The van der Waals surface area contributed by atoms with Crippen LogP contribution in [0.2, 0.25) is 0 Å². The fourth-order valence-electron chi connectivity index (χ4n) is 0.676. The van der Waals surface area contributed by atoms with Crippen LogP contribution in [0.1, 0.15) is 30.4 Å².